The molecule has 4 atom stereocenters. The third kappa shape index (κ3) is 6.64. The van der Waals surface area contributed by atoms with Crippen molar-refractivity contribution in [1.29, 1.82) is 0 Å². The molecule has 1 fully saturated rings. The van der Waals surface area contributed by atoms with Gasteiger partial charge >= 0.3 is 5.97 Å². The second-order valence-corrected chi connectivity index (χ2v) is 7.62. The molecule has 1 aliphatic rings. The van der Waals surface area contributed by atoms with Crippen LogP contribution in [0.3, 0.4) is 0 Å². The first-order valence-electron chi connectivity index (χ1n) is 9.23. The number of carbonyl (C=O) groups is 4. The smallest absolute Gasteiger partial charge is 0.327 e. The quantitative estimate of drug-likeness (QED) is 0.231. The van der Waals surface area contributed by atoms with E-state index in [2.05, 4.69) is 23.3 Å². The maximum Gasteiger partial charge on any atom is 0.327 e. The van der Waals surface area contributed by atoms with Crippen LogP contribution in [0.15, 0.2) is 0 Å². The number of aliphatic hydroxyl groups excluding tert-OH is 1. The average molecular weight is 419 g/mol. The number of nitrogens with two attached hydrogens (primary N) is 1. The summed E-state index contributed by atoms with van der Waals surface area (Å²) in [4.78, 5) is 49.7. The summed E-state index contributed by atoms with van der Waals surface area (Å²) in [6, 6.07) is -4.08. The Kier molecular flexibility index (Phi) is 9.70. The molecule has 1 aliphatic heterocycles. The predicted octanol–water partition coefficient (Wildman–Crippen LogP) is -1.67. The van der Waals surface area contributed by atoms with E-state index >= 15 is 0 Å². The van der Waals surface area contributed by atoms with Crippen LogP contribution >= 0.6 is 12.6 Å². The second-order valence-electron chi connectivity index (χ2n) is 7.25. The van der Waals surface area contributed by atoms with Crippen LogP contribution in [0.25, 0.3) is 0 Å². The molecule has 0 spiro atoms. The Balaban J connectivity index is 2.79. The summed E-state index contributed by atoms with van der Waals surface area (Å²) >= 11 is 3.89. The lowest BCUT2D eigenvalue weighted by Gasteiger charge is -2.29. The lowest BCUT2D eigenvalue weighted by atomic mass is 10.0. The van der Waals surface area contributed by atoms with E-state index in [9.17, 15) is 24.3 Å². The number of thiol groups is 1. The van der Waals surface area contributed by atoms with Crippen molar-refractivity contribution in [2.45, 2.75) is 57.3 Å². The van der Waals surface area contributed by atoms with Crippen LogP contribution in [-0.4, -0.2) is 81.9 Å². The van der Waals surface area contributed by atoms with Crippen LogP contribution in [0.2, 0.25) is 0 Å². The van der Waals surface area contributed by atoms with Gasteiger partial charge in [-0.15, -0.1) is 0 Å². The van der Waals surface area contributed by atoms with Crippen molar-refractivity contribution in [3.63, 3.8) is 0 Å². The monoisotopic (exact) mass is 418 g/mol. The van der Waals surface area contributed by atoms with Crippen LogP contribution in [-0.2, 0) is 19.2 Å². The van der Waals surface area contributed by atoms with E-state index in [4.69, 9.17) is 10.8 Å². The number of hydrogen-bond acceptors (Lipinski definition) is 7. The maximum atomic E-state index is 12.8. The van der Waals surface area contributed by atoms with Gasteiger partial charge in [0.15, 0.2) is 0 Å². The highest BCUT2D eigenvalue weighted by Crippen LogP contribution is 2.19. The highest BCUT2D eigenvalue weighted by Gasteiger charge is 2.38. The molecule has 3 amide bonds. The lowest BCUT2D eigenvalue weighted by Crippen LogP contribution is -2.58. The van der Waals surface area contributed by atoms with Crippen LogP contribution in [0, 0.1) is 5.92 Å². The van der Waals surface area contributed by atoms with E-state index in [0.717, 1.165) is 0 Å². The lowest BCUT2D eigenvalue weighted by molar-refractivity contribution is -0.144. The highest BCUT2D eigenvalue weighted by atomic mass is 32.1. The van der Waals surface area contributed by atoms with Crippen LogP contribution in [0.4, 0.5) is 0 Å². The number of carbonyl (C=O) groups excluding carboxylic acids is 3. The number of aliphatic hydroxyl groups is 1. The second kappa shape index (κ2) is 11.2. The number of nitrogens with one attached hydrogen (secondary N) is 2. The van der Waals surface area contributed by atoms with Gasteiger partial charge in [-0.1, -0.05) is 13.8 Å². The Labute approximate surface area is 169 Å². The van der Waals surface area contributed by atoms with Crippen molar-refractivity contribution in [1.82, 2.24) is 15.5 Å². The molecule has 4 unspecified atom stereocenters. The molecule has 0 aromatic rings. The summed E-state index contributed by atoms with van der Waals surface area (Å²) in [6.07, 6.45) is 1.32. The van der Waals surface area contributed by atoms with Gasteiger partial charge in [-0.05, 0) is 25.2 Å². The molecule has 1 rings (SSSR count). The van der Waals surface area contributed by atoms with Crippen molar-refractivity contribution in [2.24, 2.45) is 11.7 Å². The number of amides is 3. The van der Waals surface area contributed by atoms with Gasteiger partial charge in [-0.3, -0.25) is 14.4 Å². The number of carboxylic acids is 1. The van der Waals surface area contributed by atoms with Crippen molar-refractivity contribution in [2.75, 3.05) is 18.9 Å². The average Bonchev–Trinajstić information content (AvgIpc) is 3.12. The first-order valence-corrected chi connectivity index (χ1v) is 9.86. The number of likely N-dealkylation sites (tertiary alicyclic amines) is 1. The number of rotatable bonds is 10. The van der Waals surface area contributed by atoms with Gasteiger partial charge in [0.25, 0.3) is 0 Å². The van der Waals surface area contributed by atoms with Gasteiger partial charge in [0.2, 0.25) is 17.7 Å². The summed E-state index contributed by atoms with van der Waals surface area (Å²) < 4.78 is 0. The Morgan fingerprint density at radius 1 is 1.21 bits per heavy atom. The van der Waals surface area contributed by atoms with Gasteiger partial charge in [0.05, 0.1) is 12.6 Å². The fourth-order valence-corrected chi connectivity index (χ4v) is 3.28. The predicted molar refractivity (Wildman–Crippen MR) is 105 cm³/mol. The van der Waals surface area contributed by atoms with Crippen molar-refractivity contribution in [3.05, 3.63) is 0 Å². The zero-order chi connectivity index (χ0) is 21.4. The van der Waals surface area contributed by atoms with Crippen LogP contribution in [0.5, 0.6) is 0 Å². The molecule has 1 heterocycles. The van der Waals surface area contributed by atoms with Crippen LogP contribution < -0.4 is 16.4 Å². The molecule has 28 heavy (non-hydrogen) atoms. The summed E-state index contributed by atoms with van der Waals surface area (Å²) in [7, 11) is 0. The Morgan fingerprint density at radius 3 is 2.36 bits per heavy atom. The van der Waals surface area contributed by atoms with E-state index in [1.54, 1.807) is 0 Å². The Hall–Kier alpha value is -1.85. The van der Waals surface area contributed by atoms with E-state index in [-0.39, 0.29) is 18.2 Å². The zero-order valence-corrected chi connectivity index (χ0v) is 17.0. The van der Waals surface area contributed by atoms with Gasteiger partial charge in [-0.2, -0.15) is 12.6 Å². The number of aliphatic carboxylic acids is 1. The van der Waals surface area contributed by atoms with Gasteiger partial charge in [0, 0.05) is 12.3 Å². The SMILES string of the molecule is CC(C)CC(N)C(=O)NC(CO)C(=O)N1CCCC1C(=O)NC(CS)C(=O)O. The molecular weight excluding hydrogens is 388 g/mol. The third-order valence-corrected chi connectivity index (χ3v) is 4.86. The minimum Gasteiger partial charge on any atom is -0.480 e. The molecule has 0 aliphatic carbocycles. The van der Waals surface area contributed by atoms with Gasteiger partial charge < -0.3 is 31.5 Å². The highest BCUT2D eigenvalue weighted by molar-refractivity contribution is 7.80. The molecule has 160 valence electrons. The molecule has 6 N–H and O–H groups in total. The Bertz CT molecular complexity index is 588. The van der Waals surface area contributed by atoms with Crippen molar-refractivity contribution >= 4 is 36.3 Å². The van der Waals surface area contributed by atoms with Gasteiger partial charge in [0.1, 0.15) is 18.1 Å². The van der Waals surface area contributed by atoms with Crippen molar-refractivity contribution in [3.8, 4) is 0 Å². The molecule has 10 nitrogen and oxygen atoms in total. The molecule has 0 aromatic carbocycles. The molecule has 11 heteroatoms. The molecule has 0 saturated carbocycles. The summed E-state index contributed by atoms with van der Waals surface area (Å²) in [5.41, 5.74) is 5.80. The fourth-order valence-electron chi connectivity index (χ4n) is 3.04. The summed E-state index contributed by atoms with van der Waals surface area (Å²) in [5.74, 6) is -2.90. The minimum atomic E-state index is -1.22. The number of hydrogen-bond donors (Lipinski definition) is 6. The summed E-state index contributed by atoms with van der Waals surface area (Å²) in [6.45, 7) is 3.44. The molecule has 1 saturated heterocycles. The first-order chi connectivity index (χ1) is 13.1. The van der Waals surface area contributed by atoms with E-state index in [0.29, 0.717) is 19.3 Å². The van der Waals surface area contributed by atoms with Gasteiger partial charge in [-0.25, -0.2) is 4.79 Å². The first kappa shape index (κ1) is 24.2. The summed E-state index contributed by atoms with van der Waals surface area (Å²) in [5, 5.41) is 23.4. The zero-order valence-electron chi connectivity index (χ0n) is 16.1. The molecule has 0 aromatic heterocycles. The molecule has 0 bridgehead atoms. The van der Waals surface area contributed by atoms with E-state index in [1.807, 2.05) is 13.8 Å². The van der Waals surface area contributed by atoms with E-state index in [1.165, 1.54) is 4.90 Å². The third-order valence-electron chi connectivity index (χ3n) is 4.49. The van der Waals surface area contributed by atoms with Crippen molar-refractivity contribution < 1.29 is 29.4 Å². The standard InChI is InChI=1S/C17H30N4O6S/c1-9(2)6-10(18)14(23)19-11(7-22)16(25)21-5-3-4-13(21)15(24)20-12(8-28)17(26)27/h9-13,22,28H,3-8,18H2,1-2H3,(H,19,23)(H,20,24)(H,26,27). The fraction of sp³-hybridized carbons (Fsp3) is 0.765. The minimum absolute atomic E-state index is 0.0925. The largest absolute Gasteiger partial charge is 0.480 e. The number of nitrogens with zero attached hydrogens (tertiary/aromatic N) is 1. The molecular formula is C17H30N4O6S. The maximum absolute atomic E-state index is 12.8. The number of carboxylic acid groups (broad SMARTS) is 1. The Morgan fingerprint density at radius 2 is 1.86 bits per heavy atom. The molecule has 0 radical (unpaired) electrons. The normalized spacial score (nSPS) is 19.8. The topological polar surface area (TPSA) is 162 Å². The van der Waals surface area contributed by atoms with E-state index < -0.39 is 54.5 Å². The van der Waals surface area contributed by atoms with Crippen LogP contribution in [0.1, 0.15) is 33.1 Å².